The molecule has 0 N–H and O–H groups in total. The Kier molecular flexibility index (Phi) is 5.20. The molecule has 2 aromatic rings. The minimum Gasteiger partial charge on any atom is -0.293 e. The van der Waals surface area contributed by atoms with Gasteiger partial charge in [0.15, 0.2) is 17.4 Å². The number of hydrogen-bond acceptors (Lipinski definition) is 2. The van der Waals surface area contributed by atoms with Crippen molar-refractivity contribution in [3.8, 4) is 0 Å². The van der Waals surface area contributed by atoms with Crippen LogP contribution in [-0.2, 0) is 16.6 Å². The second kappa shape index (κ2) is 6.91. The SMILES string of the molecule is O=C(CS(=O)Cc1ccccc1Cl)c1ccc(F)c(F)c1. The van der Waals surface area contributed by atoms with Crippen LogP contribution in [-0.4, -0.2) is 15.7 Å². The molecule has 0 spiro atoms. The largest absolute Gasteiger partial charge is 0.293 e. The topological polar surface area (TPSA) is 34.1 Å². The predicted molar refractivity (Wildman–Crippen MR) is 78.9 cm³/mol. The zero-order valence-corrected chi connectivity index (χ0v) is 12.4. The maximum Gasteiger partial charge on any atom is 0.175 e. The normalized spacial score (nSPS) is 12.1. The van der Waals surface area contributed by atoms with Crippen molar-refractivity contribution >= 4 is 28.2 Å². The fourth-order valence-corrected chi connectivity index (χ4v) is 3.18. The van der Waals surface area contributed by atoms with E-state index in [9.17, 15) is 17.8 Å². The highest BCUT2D eigenvalue weighted by Crippen LogP contribution is 2.17. The molecule has 21 heavy (non-hydrogen) atoms. The van der Waals surface area contributed by atoms with Crippen molar-refractivity contribution in [3.63, 3.8) is 0 Å². The first-order chi connectivity index (χ1) is 9.97. The molecule has 6 heteroatoms. The van der Waals surface area contributed by atoms with Crippen molar-refractivity contribution in [2.75, 3.05) is 5.75 Å². The van der Waals surface area contributed by atoms with E-state index in [1.54, 1.807) is 24.3 Å². The van der Waals surface area contributed by atoms with Crippen LogP contribution in [0.3, 0.4) is 0 Å². The number of carbonyl (C=O) groups is 1. The van der Waals surface area contributed by atoms with Gasteiger partial charge in [-0.25, -0.2) is 8.78 Å². The van der Waals surface area contributed by atoms with Gasteiger partial charge < -0.3 is 0 Å². The first kappa shape index (κ1) is 15.8. The molecule has 0 aromatic heterocycles. The molecule has 0 fully saturated rings. The first-order valence-electron chi connectivity index (χ1n) is 6.04. The Morgan fingerprint density at radius 1 is 1.10 bits per heavy atom. The lowest BCUT2D eigenvalue weighted by Gasteiger charge is -2.05. The average Bonchev–Trinajstić information content (AvgIpc) is 2.44. The van der Waals surface area contributed by atoms with Crippen molar-refractivity contribution in [2.24, 2.45) is 0 Å². The zero-order valence-electron chi connectivity index (χ0n) is 10.8. The molecule has 0 amide bonds. The number of halogens is 3. The van der Waals surface area contributed by atoms with Gasteiger partial charge >= 0.3 is 0 Å². The quantitative estimate of drug-likeness (QED) is 0.783. The second-order valence-corrected chi connectivity index (χ2v) is 6.24. The van der Waals surface area contributed by atoms with Crippen LogP contribution >= 0.6 is 11.6 Å². The summed E-state index contributed by atoms with van der Waals surface area (Å²) in [5, 5.41) is 0.478. The molecule has 2 aromatic carbocycles. The third-order valence-corrected chi connectivity index (χ3v) is 4.39. The van der Waals surface area contributed by atoms with Gasteiger partial charge in [0.05, 0.1) is 11.5 Å². The summed E-state index contributed by atoms with van der Waals surface area (Å²) in [6.07, 6.45) is 0. The standard InChI is InChI=1S/C15H11ClF2O2S/c16-12-4-2-1-3-11(12)8-21(20)9-15(19)10-5-6-13(17)14(18)7-10/h1-7H,8-9H2. The van der Waals surface area contributed by atoms with Gasteiger partial charge in [0.1, 0.15) is 0 Å². The van der Waals surface area contributed by atoms with E-state index in [1.807, 2.05) is 0 Å². The second-order valence-electron chi connectivity index (χ2n) is 4.37. The third-order valence-electron chi connectivity index (χ3n) is 2.81. The lowest BCUT2D eigenvalue weighted by Crippen LogP contribution is -2.13. The van der Waals surface area contributed by atoms with E-state index in [4.69, 9.17) is 11.6 Å². The van der Waals surface area contributed by atoms with E-state index in [1.165, 1.54) is 6.07 Å². The summed E-state index contributed by atoms with van der Waals surface area (Å²) in [5.41, 5.74) is 0.678. The van der Waals surface area contributed by atoms with E-state index in [-0.39, 0.29) is 17.1 Å². The Hall–Kier alpha value is -1.59. The van der Waals surface area contributed by atoms with Crippen LogP contribution in [0.15, 0.2) is 42.5 Å². The molecule has 2 rings (SSSR count). The lowest BCUT2D eigenvalue weighted by atomic mass is 10.1. The first-order valence-corrected chi connectivity index (χ1v) is 7.90. The predicted octanol–water partition coefficient (Wildman–Crippen LogP) is 3.75. The maximum absolute atomic E-state index is 13.1. The summed E-state index contributed by atoms with van der Waals surface area (Å²) in [5.74, 6) is -2.76. The molecule has 1 atom stereocenters. The van der Waals surface area contributed by atoms with E-state index in [0.29, 0.717) is 10.6 Å². The van der Waals surface area contributed by atoms with E-state index >= 15 is 0 Å². The smallest absolute Gasteiger partial charge is 0.175 e. The Morgan fingerprint density at radius 2 is 1.81 bits per heavy atom. The van der Waals surface area contributed by atoms with Gasteiger partial charge in [0, 0.05) is 21.4 Å². The van der Waals surface area contributed by atoms with Crippen LogP contribution in [0.1, 0.15) is 15.9 Å². The number of ketones is 1. The molecule has 0 saturated carbocycles. The van der Waals surface area contributed by atoms with Crippen LogP contribution in [0, 0.1) is 11.6 Å². The highest BCUT2D eigenvalue weighted by molar-refractivity contribution is 7.85. The summed E-state index contributed by atoms with van der Waals surface area (Å²) in [7, 11) is -1.47. The van der Waals surface area contributed by atoms with Crippen LogP contribution in [0.25, 0.3) is 0 Å². The van der Waals surface area contributed by atoms with Gasteiger partial charge in [-0.1, -0.05) is 29.8 Å². The molecule has 0 bridgehead atoms. The molecule has 0 saturated heterocycles. The summed E-state index contributed by atoms with van der Waals surface area (Å²) in [6.45, 7) is 0. The summed E-state index contributed by atoms with van der Waals surface area (Å²) < 4.78 is 37.8. The molecule has 0 heterocycles. The van der Waals surface area contributed by atoms with Gasteiger partial charge in [0.2, 0.25) is 0 Å². The van der Waals surface area contributed by atoms with Crippen molar-refractivity contribution in [3.05, 3.63) is 70.2 Å². The monoisotopic (exact) mass is 328 g/mol. The Labute approximate surface area is 128 Å². The van der Waals surface area contributed by atoms with Crippen LogP contribution in [0.5, 0.6) is 0 Å². The molecule has 0 radical (unpaired) electrons. The molecule has 110 valence electrons. The summed E-state index contributed by atoms with van der Waals surface area (Å²) in [6, 6.07) is 9.77. The molecule has 0 aliphatic carbocycles. The molecular formula is C15H11ClF2O2S. The Bertz CT molecular complexity index is 704. The number of hydrogen-bond donors (Lipinski definition) is 0. The number of rotatable bonds is 5. The highest BCUT2D eigenvalue weighted by atomic mass is 35.5. The molecule has 1 unspecified atom stereocenters. The summed E-state index contributed by atoms with van der Waals surface area (Å²) >= 11 is 5.95. The van der Waals surface area contributed by atoms with E-state index in [0.717, 1.165) is 12.1 Å². The number of carbonyl (C=O) groups excluding carboxylic acids is 1. The number of benzene rings is 2. The molecule has 0 aliphatic heterocycles. The Balaban J connectivity index is 2.04. The summed E-state index contributed by atoms with van der Waals surface area (Å²) in [4.78, 5) is 11.9. The minimum atomic E-state index is -1.47. The van der Waals surface area contributed by atoms with Crippen molar-refractivity contribution < 1.29 is 17.8 Å². The van der Waals surface area contributed by atoms with Crippen molar-refractivity contribution in [1.29, 1.82) is 0 Å². The van der Waals surface area contributed by atoms with Gasteiger partial charge in [-0.2, -0.15) is 0 Å². The van der Waals surface area contributed by atoms with E-state index < -0.39 is 28.2 Å². The van der Waals surface area contributed by atoms with Crippen LogP contribution in [0.4, 0.5) is 8.78 Å². The van der Waals surface area contributed by atoms with Crippen LogP contribution < -0.4 is 0 Å². The fraction of sp³-hybridized carbons (Fsp3) is 0.133. The van der Waals surface area contributed by atoms with Gasteiger partial charge in [-0.05, 0) is 29.8 Å². The molecule has 0 aliphatic rings. The third kappa shape index (κ3) is 4.19. The lowest BCUT2D eigenvalue weighted by molar-refractivity contribution is 0.102. The van der Waals surface area contributed by atoms with Gasteiger partial charge in [-0.3, -0.25) is 9.00 Å². The van der Waals surface area contributed by atoms with E-state index in [2.05, 4.69) is 0 Å². The zero-order chi connectivity index (χ0) is 15.4. The highest BCUT2D eigenvalue weighted by Gasteiger charge is 2.14. The minimum absolute atomic E-state index is 0.00130. The fourth-order valence-electron chi connectivity index (χ4n) is 1.74. The maximum atomic E-state index is 13.1. The van der Waals surface area contributed by atoms with Crippen LogP contribution in [0.2, 0.25) is 5.02 Å². The molecule has 2 nitrogen and oxygen atoms in total. The van der Waals surface area contributed by atoms with Crippen molar-refractivity contribution in [1.82, 2.24) is 0 Å². The number of Topliss-reactive ketones (excluding diaryl/α,β-unsaturated/α-hetero) is 1. The van der Waals surface area contributed by atoms with Gasteiger partial charge in [-0.15, -0.1) is 0 Å². The van der Waals surface area contributed by atoms with Crippen molar-refractivity contribution in [2.45, 2.75) is 5.75 Å². The average molecular weight is 329 g/mol. The Morgan fingerprint density at radius 3 is 2.48 bits per heavy atom. The van der Waals surface area contributed by atoms with Gasteiger partial charge in [0.25, 0.3) is 0 Å². The molecular weight excluding hydrogens is 318 g/mol.